The molecule has 3 saturated heterocycles. The fourth-order valence-electron chi connectivity index (χ4n) is 5.05. The second kappa shape index (κ2) is 6.97. The minimum Gasteiger partial charge on any atom is -0.337 e. The molecule has 5 heteroatoms. The van der Waals surface area contributed by atoms with Crippen LogP contribution in [0.4, 0.5) is 0 Å². The number of nitrogens with zero attached hydrogens (tertiary/aromatic N) is 3. The van der Waals surface area contributed by atoms with Crippen molar-refractivity contribution >= 4 is 11.8 Å². The van der Waals surface area contributed by atoms with E-state index in [0.717, 1.165) is 37.8 Å². The number of hydrogen-bond donors (Lipinski definition) is 0. The maximum Gasteiger partial charge on any atom is 0.272 e. The van der Waals surface area contributed by atoms with Crippen LogP contribution < -0.4 is 0 Å². The highest BCUT2D eigenvalue weighted by Crippen LogP contribution is 2.50. The molecule has 4 fully saturated rings. The van der Waals surface area contributed by atoms with E-state index in [-0.39, 0.29) is 23.3 Å². The molecule has 2 atom stereocenters. The normalized spacial score (nSPS) is 24.9. The van der Waals surface area contributed by atoms with Gasteiger partial charge in [-0.3, -0.25) is 14.6 Å². The number of pyridine rings is 1. The van der Waals surface area contributed by atoms with E-state index >= 15 is 0 Å². The van der Waals surface area contributed by atoms with Crippen molar-refractivity contribution in [2.45, 2.75) is 44.1 Å². The molecule has 0 N–H and O–H groups in total. The summed E-state index contributed by atoms with van der Waals surface area (Å²) >= 11 is 0. The molecule has 1 aromatic carbocycles. The number of piperidine rings is 1. The molecule has 1 aliphatic carbocycles. The number of rotatable bonds is 3. The van der Waals surface area contributed by atoms with Crippen molar-refractivity contribution in [1.29, 1.82) is 0 Å². The molecule has 3 aliphatic heterocycles. The lowest BCUT2D eigenvalue weighted by molar-refractivity contribution is -0.138. The third-order valence-corrected chi connectivity index (χ3v) is 6.91. The van der Waals surface area contributed by atoms with Crippen LogP contribution in [0.15, 0.2) is 48.7 Å². The Morgan fingerprint density at radius 3 is 2.48 bits per heavy atom. The van der Waals surface area contributed by atoms with E-state index in [9.17, 15) is 9.59 Å². The average Bonchev–Trinajstić information content (AvgIpc) is 3.59. The zero-order chi connectivity index (χ0) is 20.0. The summed E-state index contributed by atoms with van der Waals surface area (Å²) in [6, 6.07) is 14.0. The van der Waals surface area contributed by atoms with E-state index in [1.165, 1.54) is 5.56 Å². The Kier molecular flexibility index (Phi) is 4.41. The van der Waals surface area contributed by atoms with Crippen molar-refractivity contribution in [1.82, 2.24) is 14.8 Å². The molecule has 2 aromatic rings. The first-order chi connectivity index (χ1) is 14.1. The van der Waals surface area contributed by atoms with Gasteiger partial charge < -0.3 is 9.80 Å². The Bertz CT molecular complexity index is 921. The number of aromatic nitrogens is 1. The number of amides is 2. The van der Waals surface area contributed by atoms with E-state index in [1.807, 2.05) is 17.0 Å². The quantitative estimate of drug-likeness (QED) is 0.810. The summed E-state index contributed by atoms with van der Waals surface area (Å²) in [4.78, 5) is 34.9. The third-order valence-electron chi connectivity index (χ3n) is 6.91. The highest BCUT2D eigenvalue weighted by molar-refractivity contribution is 5.93. The summed E-state index contributed by atoms with van der Waals surface area (Å²) in [5.41, 5.74) is 2.52. The van der Waals surface area contributed by atoms with Crippen LogP contribution in [-0.2, 0) is 10.2 Å². The lowest BCUT2D eigenvalue weighted by Crippen LogP contribution is -2.51. The molecular weight excluding hydrogens is 362 g/mol. The van der Waals surface area contributed by atoms with Gasteiger partial charge in [-0.1, -0.05) is 35.9 Å². The van der Waals surface area contributed by atoms with Crippen LogP contribution in [-0.4, -0.2) is 52.3 Å². The molecule has 0 spiro atoms. The minimum atomic E-state index is -0.339. The van der Waals surface area contributed by atoms with Gasteiger partial charge in [-0.05, 0) is 56.2 Å². The van der Waals surface area contributed by atoms with E-state index in [4.69, 9.17) is 0 Å². The van der Waals surface area contributed by atoms with Gasteiger partial charge in [-0.2, -0.15) is 0 Å². The largest absolute Gasteiger partial charge is 0.337 e. The summed E-state index contributed by atoms with van der Waals surface area (Å²) in [6.07, 6.45) is 5.58. The molecule has 5 nitrogen and oxygen atoms in total. The highest BCUT2D eigenvalue weighted by Gasteiger charge is 2.55. The topological polar surface area (TPSA) is 53.5 Å². The lowest BCUT2D eigenvalue weighted by Gasteiger charge is -2.38. The van der Waals surface area contributed by atoms with Crippen LogP contribution in [0.5, 0.6) is 0 Å². The van der Waals surface area contributed by atoms with Crippen molar-refractivity contribution in [2.75, 3.05) is 19.6 Å². The Labute approximate surface area is 171 Å². The SMILES string of the molecule is Cc1ccc(C2(C(=O)N3C[C@H]4CC[C@@H]3CN(C(=O)c3ccccn3)C4)CC2)cc1. The Morgan fingerprint density at radius 1 is 1.00 bits per heavy atom. The van der Waals surface area contributed by atoms with Gasteiger partial charge in [0, 0.05) is 31.9 Å². The number of carbonyl (C=O) groups is 2. The van der Waals surface area contributed by atoms with Crippen molar-refractivity contribution in [3.05, 3.63) is 65.5 Å². The van der Waals surface area contributed by atoms with Crippen LogP contribution in [0.3, 0.4) is 0 Å². The second-order valence-corrected chi connectivity index (χ2v) is 8.93. The maximum atomic E-state index is 13.7. The second-order valence-electron chi connectivity index (χ2n) is 8.93. The molecular formula is C24H27N3O2. The smallest absolute Gasteiger partial charge is 0.272 e. The van der Waals surface area contributed by atoms with Crippen molar-refractivity contribution in [3.8, 4) is 0 Å². The van der Waals surface area contributed by atoms with Crippen molar-refractivity contribution < 1.29 is 9.59 Å². The van der Waals surface area contributed by atoms with E-state index in [0.29, 0.717) is 24.7 Å². The van der Waals surface area contributed by atoms with E-state index < -0.39 is 0 Å². The first-order valence-corrected chi connectivity index (χ1v) is 10.7. The molecule has 4 heterocycles. The molecule has 0 radical (unpaired) electrons. The summed E-state index contributed by atoms with van der Waals surface area (Å²) in [6.45, 7) is 4.17. The Hall–Kier alpha value is -2.69. The molecule has 1 saturated carbocycles. The maximum absolute atomic E-state index is 13.7. The number of benzene rings is 1. The fourth-order valence-corrected chi connectivity index (χ4v) is 5.05. The van der Waals surface area contributed by atoms with Crippen molar-refractivity contribution in [2.24, 2.45) is 5.92 Å². The van der Waals surface area contributed by atoms with E-state index in [1.54, 1.807) is 12.3 Å². The minimum absolute atomic E-state index is 0.0172. The summed E-state index contributed by atoms with van der Waals surface area (Å²) in [5.74, 6) is 0.596. The molecule has 150 valence electrons. The number of hydrogen-bond acceptors (Lipinski definition) is 3. The number of carbonyl (C=O) groups excluding carboxylic acids is 2. The van der Waals surface area contributed by atoms with Crippen LogP contribution in [0.2, 0.25) is 0 Å². The molecule has 0 unspecified atom stereocenters. The summed E-state index contributed by atoms with van der Waals surface area (Å²) in [7, 11) is 0. The Balaban J connectivity index is 1.37. The van der Waals surface area contributed by atoms with Crippen molar-refractivity contribution in [3.63, 3.8) is 0 Å². The molecule has 4 aliphatic rings. The summed E-state index contributed by atoms with van der Waals surface area (Å²) in [5, 5.41) is 0. The third kappa shape index (κ3) is 3.22. The standard InChI is InChI=1S/C24H27N3O2/c1-17-5-8-19(9-6-17)24(11-12-24)23(29)27-15-18-7-10-20(27)16-26(14-18)22(28)21-4-2-3-13-25-21/h2-6,8-9,13,18,20H,7,10-12,14-16H2,1H3/t18-,20+/m0/s1. The first kappa shape index (κ1) is 18.3. The van der Waals surface area contributed by atoms with Gasteiger partial charge >= 0.3 is 0 Å². The van der Waals surface area contributed by atoms with Gasteiger partial charge in [0.2, 0.25) is 5.91 Å². The van der Waals surface area contributed by atoms with Gasteiger partial charge in [-0.25, -0.2) is 0 Å². The summed E-state index contributed by atoms with van der Waals surface area (Å²) < 4.78 is 0. The average molecular weight is 389 g/mol. The van der Waals surface area contributed by atoms with Gasteiger partial charge in [-0.15, -0.1) is 0 Å². The van der Waals surface area contributed by atoms with Crippen LogP contribution in [0, 0.1) is 12.8 Å². The van der Waals surface area contributed by atoms with Crippen LogP contribution >= 0.6 is 0 Å². The van der Waals surface area contributed by atoms with E-state index in [2.05, 4.69) is 41.1 Å². The highest BCUT2D eigenvalue weighted by atomic mass is 16.2. The predicted octanol–water partition coefficient (Wildman–Crippen LogP) is 3.18. The van der Waals surface area contributed by atoms with Gasteiger partial charge in [0.25, 0.3) is 5.91 Å². The molecule has 2 bridgehead atoms. The molecule has 2 amide bonds. The molecule has 29 heavy (non-hydrogen) atoms. The van der Waals surface area contributed by atoms with Gasteiger partial charge in [0.15, 0.2) is 0 Å². The zero-order valence-electron chi connectivity index (χ0n) is 16.9. The van der Waals surface area contributed by atoms with Crippen LogP contribution in [0.1, 0.15) is 47.3 Å². The zero-order valence-corrected chi connectivity index (χ0v) is 16.9. The molecule has 6 rings (SSSR count). The van der Waals surface area contributed by atoms with Gasteiger partial charge in [0.1, 0.15) is 5.69 Å². The fraction of sp³-hybridized carbons (Fsp3) is 0.458. The number of fused-ring (bicyclic) bond motifs is 4. The molecule has 1 aromatic heterocycles. The predicted molar refractivity (Wildman–Crippen MR) is 110 cm³/mol. The first-order valence-electron chi connectivity index (χ1n) is 10.7. The lowest BCUT2D eigenvalue weighted by atomic mass is 9.89. The Morgan fingerprint density at radius 2 is 1.79 bits per heavy atom. The monoisotopic (exact) mass is 389 g/mol. The van der Waals surface area contributed by atoms with Crippen LogP contribution in [0.25, 0.3) is 0 Å². The number of aryl methyl sites for hydroxylation is 1. The van der Waals surface area contributed by atoms with Gasteiger partial charge in [0.05, 0.1) is 5.41 Å².